The average Bonchev–Trinajstić information content (AvgIpc) is 2.68. The first-order valence-electron chi connectivity index (χ1n) is 5.26. The van der Waals surface area contributed by atoms with E-state index < -0.39 is 5.38 Å². The fraction of sp³-hybridized carbons (Fsp3) is 0.231. The number of benzene rings is 1. The van der Waals surface area contributed by atoms with E-state index in [1.807, 2.05) is 13.0 Å². The van der Waals surface area contributed by atoms with Crippen LogP contribution in [0, 0.1) is 12.7 Å². The van der Waals surface area contributed by atoms with Gasteiger partial charge in [-0.1, -0.05) is 6.07 Å². The lowest BCUT2D eigenvalue weighted by molar-refractivity contribution is 0.411. The van der Waals surface area contributed by atoms with E-state index in [1.54, 1.807) is 23.5 Å². The molecule has 1 aromatic heterocycles. The Morgan fingerprint density at radius 2 is 2.11 bits per heavy atom. The van der Waals surface area contributed by atoms with Crippen LogP contribution in [-0.4, -0.2) is 7.11 Å². The van der Waals surface area contributed by atoms with E-state index in [9.17, 15) is 4.39 Å². The third-order valence-electron chi connectivity index (χ3n) is 2.61. The lowest BCUT2D eigenvalue weighted by Gasteiger charge is -2.10. The SMILES string of the molecule is COc1ccc(C(Cl)c2cc(Br)c(C)s2)c(F)c1. The van der Waals surface area contributed by atoms with Gasteiger partial charge >= 0.3 is 0 Å². The number of halogens is 3. The minimum Gasteiger partial charge on any atom is -0.497 e. The number of aryl methyl sites for hydroxylation is 1. The van der Waals surface area contributed by atoms with Gasteiger partial charge in [0.15, 0.2) is 0 Å². The van der Waals surface area contributed by atoms with E-state index in [1.165, 1.54) is 13.2 Å². The highest BCUT2D eigenvalue weighted by Crippen LogP contribution is 2.38. The molecule has 96 valence electrons. The summed E-state index contributed by atoms with van der Waals surface area (Å²) >= 11 is 11.3. The van der Waals surface area contributed by atoms with Crippen molar-refractivity contribution in [3.8, 4) is 5.75 Å². The highest BCUT2D eigenvalue weighted by atomic mass is 79.9. The molecule has 2 rings (SSSR count). The summed E-state index contributed by atoms with van der Waals surface area (Å²) in [5.41, 5.74) is 0.464. The minimum absolute atomic E-state index is 0.350. The van der Waals surface area contributed by atoms with Crippen LogP contribution in [0.4, 0.5) is 4.39 Å². The predicted octanol–water partition coefficient (Wildman–Crippen LogP) is 5.29. The molecule has 0 saturated heterocycles. The first-order chi connectivity index (χ1) is 8.52. The second kappa shape index (κ2) is 5.59. The maximum Gasteiger partial charge on any atom is 0.131 e. The molecule has 0 radical (unpaired) electrons. The Bertz CT molecular complexity index is 551. The van der Waals surface area contributed by atoms with Crippen molar-refractivity contribution in [2.75, 3.05) is 7.11 Å². The summed E-state index contributed by atoms with van der Waals surface area (Å²) in [5.74, 6) is 0.139. The fourth-order valence-corrected chi connectivity index (χ4v) is 3.53. The summed E-state index contributed by atoms with van der Waals surface area (Å²) in [6, 6.07) is 6.65. The maximum absolute atomic E-state index is 13.9. The molecular weight excluding hydrogens is 339 g/mol. The predicted molar refractivity (Wildman–Crippen MR) is 77.4 cm³/mol. The topological polar surface area (TPSA) is 9.23 Å². The number of rotatable bonds is 3. The first-order valence-corrected chi connectivity index (χ1v) is 7.31. The first kappa shape index (κ1) is 13.8. The summed E-state index contributed by atoms with van der Waals surface area (Å²) in [6.07, 6.45) is 0. The average molecular weight is 350 g/mol. The summed E-state index contributed by atoms with van der Waals surface area (Å²) in [6.45, 7) is 1.99. The Labute approximate surface area is 123 Å². The highest BCUT2D eigenvalue weighted by Gasteiger charge is 2.18. The molecule has 5 heteroatoms. The number of hydrogen-bond donors (Lipinski definition) is 0. The third kappa shape index (κ3) is 2.71. The zero-order valence-corrected chi connectivity index (χ0v) is 13.0. The lowest BCUT2D eigenvalue weighted by Crippen LogP contribution is -1.95. The van der Waals surface area contributed by atoms with E-state index in [0.29, 0.717) is 11.3 Å². The Morgan fingerprint density at radius 3 is 2.61 bits per heavy atom. The summed E-state index contributed by atoms with van der Waals surface area (Å²) in [7, 11) is 1.51. The molecule has 0 fully saturated rings. The van der Waals surface area contributed by atoms with E-state index in [0.717, 1.165) is 14.2 Å². The van der Waals surface area contributed by atoms with Crippen LogP contribution in [0.3, 0.4) is 0 Å². The molecule has 0 aliphatic carbocycles. The van der Waals surface area contributed by atoms with Gasteiger partial charge in [-0.05, 0) is 35.0 Å². The van der Waals surface area contributed by atoms with Gasteiger partial charge in [-0.3, -0.25) is 0 Å². The van der Waals surface area contributed by atoms with Crippen molar-refractivity contribution < 1.29 is 9.13 Å². The van der Waals surface area contributed by atoms with Gasteiger partial charge in [0.25, 0.3) is 0 Å². The monoisotopic (exact) mass is 348 g/mol. The molecule has 0 amide bonds. The Morgan fingerprint density at radius 1 is 1.39 bits per heavy atom. The largest absolute Gasteiger partial charge is 0.497 e. The zero-order chi connectivity index (χ0) is 13.3. The zero-order valence-electron chi connectivity index (χ0n) is 9.84. The Hall–Kier alpha value is -0.580. The summed E-state index contributed by atoms with van der Waals surface area (Å²) < 4.78 is 19.9. The quantitative estimate of drug-likeness (QED) is 0.684. The normalized spacial score (nSPS) is 12.5. The lowest BCUT2D eigenvalue weighted by atomic mass is 10.1. The van der Waals surface area contributed by atoms with Crippen LogP contribution < -0.4 is 4.74 Å². The van der Waals surface area contributed by atoms with E-state index in [-0.39, 0.29) is 5.82 Å². The number of methoxy groups -OCH3 is 1. The van der Waals surface area contributed by atoms with E-state index >= 15 is 0 Å². The molecule has 1 aromatic carbocycles. The summed E-state index contributed by atoms with van der Waals surface area (Å²) in [4.78, 5) is 2.05. The van der Waals surface area contributed by atoms with Crippen molar-refractivity contribution in [3.05, 3.63) is 49.9 Å². The van der Waals surface area contributed by atoms with E-state index in [2.05, 4.69) is 15.9 Å². The van der Waals surface area contributed by atoms with Crippen LogP contribution in [-0.2, 0) is 0 Å². The van der Waals surface area contributed by atoms with Gasteiger partial charge in [0.05, 0.1) is 12.5 Å². The van der Waals surface area contributed by atoms with Crippen LogP contribution in [0.5, 0.6) is 5.75 Å². The highest BCUT2D eigenvalue weighted by molar-refractivity contribution is 9.10. The number of hydrogen-bond acceptors (Lipinski definition) is 2. The standard InChI is InChI=1S/C13H11BrClFOS/c1-7-10(14)6-12(18-7)13(15)9-4-3-8(17-2)5-11(9)16/h3-6,13H,1-2H3. The molecule has 0 saturated carbocycles. The van der Waals surface area contributed by atoms with E-state index in [4.69, 9.17) is 16.3 Å². The molecule has 0 aliphatic rings. The smallest absolute Gasteiger partial charge is 0.131 e. The maximum atomic E-state index is 13.9. The van der Waals surface area contributed by atoms with Gasteiger partial charge in [-0.25, -0.2) is 4.39 Å². The van der Waals surface area contributed by atoms with Crippen LogP contribution >= 0.6 is 38.9 Å². The second-order valence-electron chi connectivity index (χ2n) is 3.80. The van der Waals surface area contributed by atoms with Crippen LogP contribution in [0.2, 0.25) is 0 Å². The van der Waals surface area contributed by atoms with Crippen molar-refractivity contribution in [2.45, 2.75) is 12.3 Å². The van der Waals surface area contributed by atoms with Gasteiger partial charge in [0.2, 0.25) is 0 Å². The molecule has 0 bridgehead atoms. The number of ether oxygens (including phenoxy) is 1. The third-order valence-corrected chi connectivity index (χ3v) is 5.41. The van der Waals surface area contributed by atoms with Crippen molar-refractivity contribution >= 4 is 38.9 Å². The van der Waals surface area contributed by atoms with Crippen molar-refractivity contribution in [2.24, 2.45) is 0 Å². The second-order valence-corrected chi connectivity index (χ2v) is 6.38. The Kier molecular flexibility index (Phi) is 4.30. The molecule has 1 heterocycles. The van der Waals surface area contributed by atoms with Crippen molar-refractivity contribution in [1.82, 2.24) is 0 Å². The molecule has 18 heavy (non-hydrogen) atoms. The van der Waals surface area contributed by atoms with Gasteiger partial charge in [-0.2, -0.15) is 0 Å². The minimum atomic E-state index is -0.481. The molecule has 1 unspecified atom stereocenters. The molecular formula is C13H11BrClFOS. The molecule has 0 spiro atoms. The number of alkyl halides is 1. The van der Waals surface area contributed by atoms with Gasteiger partial charge in [0.1, 0.15) is 11.6 Å². The van der Waals surface area contributed by atoms with Crippen LogP contribution in [0.1, 0.15) is 20.7 Å². The molecule has 0 aliphatic heterocycles. The van der Waals surface area contributed by atoms with Crippen molar-refractivity contribution in [3.63, 3.8) is 0 Å². The molecule has 1 atom stereocenters. The number of thiophene rings is 1. The summed E-state index contributed by atoms with van der Waals surface area (Å²) in [5, 5.41) is -0.481. The van der Waals surface area contributed by atoms with Crippen LogP contribution in [0.15, 0.2) is 28.7 Å². The van der Waals surface area contributed by atoms with Crippen molar-refractivity contribution in [1.29, 1.82) is 0 Å². The fourth-order valence-electron chi connectivity index (χ4n) is 1.60. The van der Waals surface area contributed by atoms with Gasteiger partial charge in [0, 0.05) is 25.9 Å². The van der Waals surface area contributed by atoms with Gasteiger partial charge < -0.3 is 4.74 Å². The molecule has 0 N–H and O–H groups in total. The molecule has 1 nitrogen and oxygen atoms in total. The Balaban J connectivity index is 2.36. The van der Waals surface area contributed by atoms with Crippen LogP contribution in [0.25, 0.3) is 0 Å². The van der Waals surface area contributed by atoms with Gasteiger partial charge in [-0.15, -0.1) is 22.9 Å². The molecule has 2 aromatic rings.